The number of H-pyrrole nitrogens is 1. The molecule has 0 amide bonds. The first kappa shape index (κ1) is 41.0. The van der Waals surface area contributed by atoms with Crippen molar-refractivity contribution in [2.75, 3.05) is 46.5 Å². The third-order valence-electron chi connectivity index (χ3n) is 14.4. The minimum atomic E-state index is -1.23. The maximum absolute atomic E-state index is 15.1. The quantitative estimate of drug-likeness (QED) is 0.132. The Bertz CT molecular complexity index is 2810. The van der Waals surface area contributed by atoms with Gasteiger partial charge in [0.05, 0.1) is 37.1 Å². The second-order valence-electron chi connectivity index (χ2n) is 17.7. The highest BCUT2D eigenvalue weighted by molar-refractivity contribution is 7.99. The number of benzene rings is 4. The number of ketones is 1. The van der Waals surface area contributed by atoms with E-state index in [1.807, 2.05) is 63.4 Å². The van der Waals surface area contributed by atoms with E-state index in [0.29, 0.717) is 60.1 Å². The number of fused-ring (bicyclic) bond motifs is 12. The zero-order valence-corrected chi connectivity index (χ0v) is 37.1. The van der Waals surface area contributed by atoms with Crippen LogP contribution in [0, 0.1) is 25.2 Å². The van der Waals surface area contributed by atoms with E-state index in [4.69, 9.17) is 28.4 Å². The summed E-state index contributed by atoms with van der Waals surface area (Å²) in [5.41, 5.74) is 7.07. The molecule has 0 saturated carbocycles. The molecule has 15 heteroatoms. The smallest absolute Gasteiger partial charge is 0.308 e. The van der Waals surface area contributed by atoms with Crippen LogP contribution < -0.4 is 29.0 Å². The normalized spacial score (nSPS) is 26.9. The maximum Gasteiger partial charge on any atom is 0.308 e. The number of nitrogens with zero attached hydrogens (tertiary/aromatic N) is 3. The number of hydrogen-bond donors (Lipinski definition) is 3. The molecule has 1 spiro atoms. The van der Waals surface area contributed by atoms with E-state index in [1.165, 1.54) is 6.92 Å². The number of nitriles is 1. The molecule has 2 fully saturated rings. The topological polar surface area (TPSA) is 168 Å². The Morgan fingerprint density at radius 2 is 1.89 bits per heavy atom. The van der Waals surface area contributed by atoms with Gasteiger partial charge in [-0.15, -0.1) is 11.8 Å². The third-order valence-corrected chi connectivity index (χ3v) is 15.8. The number of aryl methyl sites for hydroxylation is 1. The summed E-state index contributed by atoms with van der Waals surface area (Å²) in [6.07, 6.45) is 1.19. The first-order valence-electron chi connectivity index (χ1n) is 21.8. The Kier molecular flexibility index (Phi) is 9.89. The fourth-order valence-electron chi connectivity index (χ4n) is 11.7. The Hall–Kier alpha value is -5.76. The van der Waals surface area contributed by atoms with E-state index in [0.717, 1.165) is 55.7 Å². The van der Waals surface area contributed by atoms with Crippen LogP contribution in [-0.2, 0) is 39.3 Å². The van der Waals surface area contributed by atoms with E-state index in [1.54, 1.807) is 18.9 Å². The van der Waals surface area contributed by atoms with E-state index < -0.39 is 40.9 Å². The van der Waals surface area contributed by atoms with Gasteiger partial charge in [-0.1, -0.05) is 36.4 Å². The molecule has 4 aromatic carbocycles. The van der Waals surface area contributed by atoms with Crippen LogP contribution in [0.5, 0.6) is 34.5 Å². The summed E-state index contributed by atoms with van der Waals surface area (Å²) >= 11 is 1.57. The number of phenols is 1. The number of ether oxygens (including phenoxy) is 6. The summed E-state index contributed by atoms with van der Waals surface area (Å²) < 4.78 is 37.4. The van der Waals surface area contributed by atoms with Gasteiger partial charge in [0, 0.05) is 70.2 Å². The van der Waals surface area contributed by atoms with Crippen LogP contribution in [0.3, 0.4) is 0 Å². The molecule has 7 atom stereocenters. The van der Waals surface area contributed by atoms with Crippen LogP contribution in [0.2, 0.25) is 0 Å². The molecule has 8 heterocycles. The number of phenolic OH excluding ortho intramolecular Hbond substituents is 1. The Morgan fingerprint density at radius 1 is 1.08 bits per heavy atom. The van der Waals surface area contributed by atoms with Gasteiger partial charge in [-0.2, -0.15) is 5.26 Å². The van der Waals surface area contributed by atoms with E-state index in [9.17, 15) is 15.2 Å². The van der Waals surface area contributed by atoms with Gasteiger partial charge in [-0.25, -0.2) is 0 Å². The van der Waals surface area contributed by atoms with Crippen LogP contribution in [0.25, 0.3) is 10.9 Å². The molecule has 1 unspecified atom stereocenters. The molecule has 7 aliphatic heterocycles. The second kappa shape index (κ2) is 15.5. The summed E-state index contributed by atoms with van der Waals surface area (Å²) in [4.78, 5) is 36.4. The summed E-state index contributed by atoms with van der Waals surface area (Å²) in [7, 11) is 3.58. The molecule has 0 radical (unpaired) electrons. The van der Waals surface area contributed by atoms with Gasteiger partial charge in [0.2, 0.25) is 6.79 Å². The Balaban J connectivity index is 1.11. The van der Waals surface area contributed by atoms with Crippen molar-refractivity contribution < 1.29 is 43.1 Å². The van der Waals surface area contributed by atoms with Crippen molar-refractivity contribution in [3.05, 3.63) is 105 Å². The Morgan fingerprint density at radius 3 is 2.67 bits per heavy atom. The average Bonchev–Trinajstić information content (AvgIpc) is 3.92. The molecule has 5 aromatic rings. The molecular formula is C49H49N5O9S. The number of rotatable bonds is 5. The molecule has 0 aliphatic carbocycles. The molecule has 7 aliphatic rings. The number of carbonyl (C=O) groups is 2. The lowest BCUT2D eigenvalue weighted by molar-refractivity contribution is -0.133. The van der Waals surface area contributed by atoms with Gasteiger partial charge in [0.1, 0.15) is 36.3 Å². The molecule has 330 valence electrons. The highest BCUT2D eigenvalue weighted by Gasteiger charge is 2.61. The summed E-state index contributed by atoms with van der Waals surface area (Å²) in [6.45, 7) is 5.88. The zero-order valence-electron chi connectivity index (χ0n) is 36.3. The Labute approximate surface area is 374 Å². The van der Waals surface area contributed by atoms with Gasteiger partial charge >= 0.3 is 5.97 Å². The number of hydrogen-bond acceptors (Lipinski definition) is 14. The lowest BCUT2D eigenvalue weighted by Gasteiger charge is -2.61. The van der Waals surface area contributed by atoms with Crippen molar-refractivity contribution in [2.45, 2.75) is 81.2 Å². The maximum atomic E-state index is 15.1. The standard InChI is InChI=1S/C49H49N5O9S/c1-24-15-28-16-33-34(18-50)54-35-20-59-21-36(56)49(48-30(13-14-51-49)31-17-29(11-12-32(31)52-48)60-19-27-9-7-6-8-10-27)22-64-47(41(54)40(53(33)4)37(28)42(57)43(24)58-5)39-38(35)46-45(61-23-62-46)25(2)44(39)63-26(3)55/h6-12,15,17,33-35,40-41,47,51-52,57H,13-14,16,19-23H2,1-5H3/t33-,34-,35+,40+,41?,47+,49-/m0/s1. The fourth-order valence-corrected chi connectivity index (χ4v) is 13.4. The third kappa shape index (κ3) is 5.99. The van der Waals surface area contributed by atoms with Crippen molar-refractivity contribution in [2.24, 2.45) is 0 Å². The van der Waals surface area contributed by atoms with Crippen molar-refractivity contribution in [1.29, 1.82) is 5.26 Å². The van der Waals surface area contributed by atoms with Crippen molar-refractivity contribution >= 4 is 34.4 Å². The fraction of sp³-hybridized carbons (Fsp3) is 0.408. The SMILES string of the molecule is COc1c(C)cc2c(c1O)[C@@H]1C3[C@@H]4SC[C@]5(NCCc6c5[nH]c5ccc(OCc7ccccc7)cc65)C(=O)COC[C@H](c5c6c(c(C)c(OC(C)=O)c54)OCO6)N3[C@@H](C#N)[C@H](C2)N1C. The van der Waals surface area contributed by atoms with Crippen molar-refractivity contribution in [1.82, 2.24) is 20.1 Å². The number of carbonyl (C=O) groups excluding carboxylic acids is 2. The predicted octanol–water partition coefficient (Wildman–Crippen LogP) is 6.38. The van der Waals surface area contributed by atoms with Crippen LogP contribution in [0.15, 0.2) is 54.6 Å². The number of aromatic hydroxyl groups is 1. The lowest BCUT2D eigenvalue weighted by atomic mass is 9.71. The monoisotopic (exact) mass is 883 g/mol. The summed E-state index contributed by atoms with van der Waals surface area (Å²) in [5, 5.41) is 27.7. The van der Waals surface area contributed by atoms with Gasteiger partial charge in [-0.05, 0) is 74.2 Å². The van der Waals surface area contributed by atoms with Crippen LogP contribution in [0.4, 0.5) is 0 Å². The van der Waals surface area contributed by atoms with Gasteiger partial charge in [-0.3, -0.25) is 24.7 Å². The second-order valence-corrected chi connectivity index (χ2v) is 18.8. The molecule has 12 rings (SSSR count). The molecular weight excluding hydrogens is 835 g/mol. The summed E-state index contributed by atoms with van der Waals surface area (Å²) in [5.74, 6) is 2.15. The van der Waals surface area contributed by atoms with Gasteiger partial charge in [0.15, 0.2) is 28.8 Å². The number of likely N-dealkylation sites (N-methyl/N-ethyl adjacent to an activating group) is 1. The van der Waals surface area contributed by atoms with Crippen LogP contribution in [-0.4, -0.2) is 96.2 Å². The molecule has 3 N–H and O–H groups in total. The van der Waals surface area contributed by atoms with Gasteiger partial charge in [0.25, 0.3) is 0 Å². The van der Waals surface area contributed by atoms with Crippen molar-refractivity contribution in [3.8, 4) is 40.6 Å². The van der Waals surface area contributed by atoms with E-state index >= 15 is 4.79 Å². The number of aromatic amines is 1. The number of piperazine rings is 1. The van der Waals surface area contributed by atoms with E-state index in [-0.39, 0.29) is 43.3 Å². The lowest BCUT2D eigenvalue weighted by Crippen LogP contribution is -2.69. The number of thioether (sulfide) groups is 1. The molecule has 2 saturated heterocycles. The van der Waals surface area contributed by atoms with Crippen LogP contribution in [0.1, 0.15) is 74.5 Å². The number of aromatic nitrogens is 1. The average molecular weight is 884 g/mol. The summed E-state index contributed by atoms with van der Waals surface area (Å²) in [6, 6.07) is 18.3. The zero-order chi connectivity index (χ0) is 44.2. The molecule has 64 heavy (non-hydrogen) atoms. The number of nitrogens with one attached hydrogen (secondary N) is 2. The number of Topliss-reactive ketones (excluding diaryl/α,β-unsaturated/α-hetero) is 1. The molecule has 1 aromatic heterocycles. The predicted molar refractivity (Wildman–Crippen MR) is 237 cm³/mol. The largest absolute Gasteiger partial charge is 0.504 e. The minimum absolute atomic E-state index is 0.0140. The number of methoxy groups -OCH3 is 1. The van der Waals surface area contributed by atoms with Gasteiger partial charge < -0.3 is 38.5 Å². The first-order chi connectivity index (χ1) is 31.0. The van der Waals surface area contributed by atoms with E-state index in [2.05, 4.69) is 38.3 Å². The first-order valence-corrected chi connectivity index (χ1v) is 22.8. The molecule has 4 bridgehead atoms. The highest BCUT2D eigenvalue weighted by Crippen LogP contribution is 2.64. The highest BCUT2D eigenvalue weighted by atomic mass is 32.2. The minimum Gasteiger partial charge on any atom is -0.504 e. The molecule has 14 nitrogen and oxygen atoms in total. The number of esters is 1. The van der Waals surface area contributed by atoms with Crippen molar-refractivity contribution in [3.63, 3.8) is 0 Å². The van der Waals surface area contributed by atoms with Crippen LogP contribution >= 0.6 is 11.8 Å².